The average Bonchev–Trinajstić information content (AvgIpc) is 3.13. The minimum absolute atomic E-state index is 0.0527. The summed E-state index contributed by atoms with van der Waals surface area (Å²) in [4.78, 5) is 18.7. The van der Waals surface area contributed by atoms with Gasteiger partial charge in [0.05, 0.1) is 0 Å². The van der Waals surface area contributed by atoms with Crippen molar-refractivity contribution in [3.05, 3.63) is 11.6 Å². The summed E-state index contributed by atoms with van der Waals surface area (Å²) in [6.45, 7) is 6.73. The zero-order valence-electron chi connectivity index (χ0n) is 12.5. The first kappa shape index (κ1) is 15.0. The van der Waals surface area contributed by atoms with E-state index in [0.29, 0.717) is 11.9 Å². The lowest BCUT2D eigenvalue weighted by atomic mass is 10.2. The van der Waals surface area contributed by atoms with E-state index in [9.17, 15) is 4.79 Å². The predicted molar refractivity (Wildman–Crippen MR) is 77.6 cm³/mol. The molecule has 0 saturated carbocycles. The third kappa shape index (κ3) is 3.79. The van der Waals surface area contributed by atoms with E-state index in [1.54, 1.807) is 0 Å². The Morgan fingerprint density at radius 3 is 2.90 bits per heavy atom. The minimum Gasteiger partial charge on any atom is -0.334 e. The van der Waals surface area contributed by atoms with Crippen LogP contribution in [-0.2, 0) is 6.42 Å². The van der Waals surface area contributed by atoms with Gasteiger partial charge < -0.3 is 10.2 Å². The number of H-pyrrole nitrogens is 1. The molecule has 1 aromatic heterocycles. The molecule has 2 rings (SSSR count). The van der Waals surface area contributed by atoms with Crippen LogP contribution < -0.4 is 5.32 Å². The molecular formula is C14H25N5O. The van der Waals surface area contributed by atoms with Gasteiger partial charge in [-0.15, -0.1) is 5.10 Å². The smallest absolute Gasteiger partial charge is 0.293 e. The van der Waals surface area contributed by atoms with Crippen molar-refractivity contribution in [1.29, 1.82) is 0 Å². The number of unbranched alkanes of at least 4 members (excludes halogenated alkanes) is 1. The van der Waals surface area contributed by atoms with Gasteiger partial charge in [0.1, 0.15) is 5.82 Å². The molecule has 1 amide bonds. The number of hydrogen-bond donors (Lipinski definition) is 2. The molecule has 1 aromatic rings. The van der Waals surface area contributed by atoms with Crippen LogP contribution in [0.4, 0.5) is 0 Å². The third-order valence-electron chi connectivity index (χ3n) is 3.73. The second kappa shape index (κ2) is 7.38. The van der Waals surface area contributed by atoms with E-state index in [0.717, 1.165) is 51.1 Å². The number of aromatic amines is 1. The molecule has 1 atom stereocenters. The molecule has 6 nitrogen and oxygen atoms in total. The molecular weight excluding hydrogens is 254 g/mol. The fourth-order valence-electron chi connectivity index (χ4n) is 2.49. The van der Waals surface area contributed by atoms with Crippen molar-refractivity contribution in [3.8, 4) is 0 Å². The maximum absolute atomic E-state index is 12.5. The number of carbonyl (C=O) groups excluding carboxylic acids is 1. The SMILES string of the molecule is CCCCN(CC1CCCN1)C(=O)c1n[nH]c(CC)n1. The number of hydrogen-bond acceptors (Lipinski definition) is 4. The molecule has 0 radical (unpaired) electrons. The van der Waals surface area contributed by atoms with Crippen LogP contribution >= 0.6 is 0 Å². The Bertz CT molecular complexity index is 425. The van der Waals surface area contributed by atoms with Crippen molar-refractivity contribution in [2.75, 3.05) is 19.6 Å². The van der Waals surface area contributed by atoms with Gasteiger partial charge in [-0.05, 0) is 25.8 Å². The van der Waals surface area contributed by atoms with E-state index in [2.05, 4.69) is 27.4 Å². The Morgan fingerprint density at radius 2 is 2.30 bits per heavy atom. The van der Waals surface area contributed by atoms with Gasteiger partial charge in [0.2, 0.25) is 5.82 Å². The highest BCUT2D eigenvalue weighted by molar-refractivity contribution is 5.90. The molecule has 0 aliphatic carbocycles. The van der Waals surface area contributed by atoms with Crippen LogP contribution in [0.3, 0.4) is 0 Å². The second-order valence-electron chi connectivity index (χ2n) is 5.36. The van der Waals surface area contributed by atoms with E-state index >= 15 is 0 Å². The lowest BCUT2D eigenvalue weighted by Gasteiger charge is -2.24. The summed E-state index contributed by atoms with van der Waals surface area (Å²) in [5.74, 6) is 1.02. The largest absolute Gasteiger partial charge is 0.334 e. The van der Waals surface area contributed by atoms with Crippen LogP contribution in [0.15, 0.2) is 0 Å². The number of rotatable bonds is 7. The molecule has 1 saturated heterocycles. The van der Waals surface area contributed by atoms with Crippen molar-refractivity contribution in [2.24, 2.45) is 0 Å². The molecule has 2 N–H and O–H groups in total. The Hall–Kier alpha value is -1.43. The number of nitrogens with zero attached hydrogens (tertiary/aromatic N) is 3. The zero-order valence-corrected chi connectivity index (χ0v) is 12.5. The Labute approximate surface area is 120 Å². The maximum Gasteiger partial charge on any atom is 0.293 e. The van der Waals surface area contributed by atoms with Crippen molar-refractivity contribution >= 4 is 5.91 Å². The van der Waals surface area contributed by atoms with Gasteiger partial charge >= 0.3 is 0 Å². The fourth-order valence-corrected chi connectivity index (χ4v) is 2.49. The van der Waals surface area contributed by atoms with Crippen molar-refractivity contribution in [2.45, 2.75) is 52.0 Å². The number of amides is 1. The number of carbonyl (C=O) groups is 1. The van der Waals surface area contributed by atoms with Crippen LogP contribution in [0.1, 0.15) is 56.0 Å². The Morgan fingerprint density at radius 1 is 1.45 bits per heavy atom. The van der Waals surface area contributed by atoms with E-state index < -0.39 is 0 Å². The number of aryl methyl sites for hydroxylation is 1. The first-order valence-corrected chi connectivity index (χ1v) is 7.68. The quantitative estimate of drug-likeness (QED) is 0.790. The van der Waals surface area contributed by atoms with Gasteiger partial charge in [0.25, 0.3) is 5.91 Å². The van der Waals surface area contributed by atoms with Crippen molar-refractivity contribution < 1.29 is 4.79 Å². The molecule has 1 aliphatic heterocycles. The molecule has 1 unspecified atom stereocenters. The third-order valence-corrected chi connectivity index (χ3v) is 3.73. The average molecular weight is 279 g/mol. The van der Waals surface area contributed by atoms with Crippen molar-refractivity contribution in [1.82, 2.24) is 25.4 Å². The molecule has 2 heterocycles. The van der Waals surface area contributed by atoms with Gasteiger partial charge in [-0.25, -0.2) is 4.98 Å². The molecule has 1 fully saturated rings. The Balaban J connectivity index is 2.01. The van der Waals surface area contributed by atoms with Gasteiger partial charge in [-0.2, -0.15) is 0 Å². The van der Waals surface area contributed by atoms with Crippen LogP contribution in [-0.4, -0.2) is 51.7 Å². The molecule has 112 valence electrons. The number of nitrogens with one attached hydrogen (secondary N) is 2. The summed E-state index contributed by atoms with van der Waals surface area (Å²) in [5.41, 5.74) is 0. The zero-order chi connectivity index (χ0) is 14.4. The van der Waals surface area contributed by atoms with E-state index in [-0.39, 0.29) is 5.91 Å². The van der Waals surface area contributed by atoms with Crippen LogP contribution in [0.5, 0.6) is 0 Å². The standard InChI is InChI=1S/C14H25N5O/c1-3-5-9-19(10-11-7-6-8-15-11)14(20)13-16-12(4-2)17-18-13/h11,15H,3-10H2,1-2H3,(H,16,17,18). The van der Waals surface area contributed by atoms with Crippen LogP contribution in [0, 0.1) is 0 Å². The molecule has 0 aromatic carbocycles. The topological polar surface area (TPSA) is 73.9 Å². The molecule has 20 heavy (non-hydrogen) atoms. The van der Waals surface area contributed by atoms with Gasteiger partial charge in [0.15, 0.2) is 0 Å². The highest BCUT2D eigenvalue weighted by Gasteiger charge is 2.24. The van der Waals surface area contributed by atoms with E-state index in [1.807, 2.05) is 11.8 Å². The van der Waals surface area contributed by atoms with Crippen molar-refractivity contribution in [3.63, 3.8) is 0 Å². The first-order chi connectivity index (χ1) is 9.74. The lowest BCUT2D eigenvalue weighted by molar-refractivity contribution is 0.0727. The summed E-state index contributed by atoms with van der Waals surface area (Å²) in [6, 6.07) is 0.417. The molecule has 0 bridgehead atoms. The first-order valence-electron chi connectivity index (χ1n) is 7.68. The number of aromatic nitrogens is 3. The van der Waals surface area contributed by atoms with Gasteiger partial charge in [-0.1, -0.05) is 20.3 Å². The lowest BCUT2D eigenvalue weighted by Crippen LogP contribution is -2.42. The summed E-state index contributed by atoms with van der Waals surface area (Å²) in [6.07, 6.45) is 5.20. The summed E-state index contributed by atoms with van der Waals surface area (Å²) >= 11 is 0. The summed E-state index contributed by atoms with van der Waals surface area (Å²) in [5, 5.41) is 10.3. The van der Waals surface area contributed by atoms with E-state index in [1.165, 1.54) is 6.42 Å². The molecule has 6 heteroatoms. The Kier molecular flexibility index (Phi) is 5.52. The second-order valence-corrected chi connectivity index (χ2v) is 5.36. The minimum atomic E-state index is -0.0527. The summed E-state index contributed by atoms with van der Waals surface area (Å²) in [7, 11) is 0. The maximum atomic E-state index is 12.5. The van der Waals surface area contributed by atoms with E-state index in [4.69, 9.17) is 0 Å². The molecule has 1 aliphatic rings. The predicted octanol–water partition coefficient (Wildman–Crippen LogP) is 1.36. The molecule has 0 spiro atoms. The van der Waals surface area contributed by atoms with Gasteiger partial charge in [-0.3, -0.25) is 9.89 Å². The summed E-state index contributed by atoms with van der Waals surface area (Å²) < 4.78 is 0. The van der Waals surface area contributed by atoms with Crippen LogP contribution in [0.2, 0.25) is 0 Å². The highest BCUT2D eigenvalue weighted by Crippen LogP contribution is 2.10. The fraction of sp³-hybridized carbons (Fsp3) is 0.786. The van der Waals surface area contributed by atoms with Crippen LogP contribution in [0.25, 0.3) is 0 Å². The monoisotopic (exact) mass is 279 g/mol. The normalized spacial score (nSPS) is 18.4. The van der Waals surface area contributed by atoms with Gasteiger partial charge in [0, 0.05) is 25.6 Å². The highest BCUT2D eigenvalue weighted by atomic mass is 16.2.